The van der Waals surface area contributed by atoms with Crippen LogP contribution in [0.2, 0.25) is 0 Å². The summed E-state index contributed by atoms with van der Waals surface area (Å²) in [7, 11) is -1.01. The monoisotopic (exact) mass is 388 g/mol. The van der Waals surface area contributed by atoms with Crippen LogP contribution in [-0.2, 0) is 9.84 Å². The van der Waals surface area contributed by atoms with Crippen LogP contribution in [0, 0.1) is 0 Å². The van der Waals surface area contributed by atoms with Gasteiger partial charge in [-0.25, -0.2) is 23.4 Å². The maximum Gasteiger partial charge on any atom is 0.152 e. The zero-order valence-electron chi connectivity index (χ0n) is 15.4. The summed E-state index contributed by atoms with van der Waals surface area (Å²) < 4.78 is 23.5. The van der Waals surface area contributed by atoms with Gasteiger partial charge in [-0.1, -0.05) is 6.07 Å². The smallest absolute Gasteiger partial charge is 0.152 e. The minimum atomic E-state index is -2.92. The largest absolute Gasteiger partial charge is 0.355 e. The van der Waals surface area contributed by atoms with Gasteiger partial charge in [0.25, 0.3) is 0 Å². The second-order valence-electron chi connectivity index (χ2n) is 7.06. The molecule has 0 aliphatic carbocycles. The number of piperazine rings is 1. The molecule has 0 radical (unpaired) electrons. The fourth-order valence-corrected chi connectivity index (χ4v) is 5.45. The van der Waals surface area contributed by atoms with Gasteiger partial charge in [0.2, 0.25) is 0 Å². The van der Waals surface area contributed by atoms with Gasteiger partial charge in [0, 0.05) is 51.5 Å². The van der Waals surface area contributed by atoms with Crippen LogP contribution in [0.1, 0.15) is 6.42 Å². The van der Waals surface area contributed by atoms with Crippen molar-refractivity contribution in [3.8, 4) is 0 Å². The van der Waals surface area contributed by atoms with E-state index in [4.69, 9.17) is 0 Å². The molecule has 1 unspecified atom stereocenters. The summed E-state index contributed by atoms with van der Waals surface area (Å²) in [5, 5.41) is 0. The Morgan fingerprint density at radius 2 is 1.78 bits per heavy atom. The van der Waals surface area contributed by atoms with Crippen LogP contribution < -0.4 is 14.7 Å². The van der Waals surface area contributed by atoms with Gasteiger partial charge in [0.1, 0.15) is 23.8 Å². The highest BCUT2D eigenvalue weighted by molar-refractivity contribution is 7.91. The van der Waals surface area contributed by atoms with E-state index in [0.29, 0.717) is 6.42 Å². The molecule has 2 aromatic rings. The number of pyridine rings is 1. The molecule has 0 N–H and O–H groups in total. The number of aromatic nitrogens is 3. The Hall–Kier alpha value is -2.42. The average Bonchev–Trinajstić information content (AvgIpc) is 3.08. The number of sulfone groups is 1. The Balaban J connectivity index is 1.43. The summed E-state index contributed by atoms with van der Waals surface area (Å²) in [6.45, 7) is 3.48. The van der Waals surface area contributed by atoms with Crippen LogP contribution >= 0.6 is 0 Å². The highest BCUT2D eigenvalue weighted by atomic mass is 32.2. The maximum atomic E-state index is 11.8. The van der Waals surface area contributed by atoms with E-state index in [-0.39, 0.29) is 17.5 Å². The zero-order valence-corrected chi connectivity index (χ0v) is 16.2. The van der Waals surface area contributed by atoms with E-state index >= 15 is 0 Å². The first-order chi connectivity index (χ1) is 13.0. The number of hydrogen-bond acceptors (Lipinski definition) is 8. The van der Waals surface area contributed by atoms with Crippen LogP contribution in [0.15, 0.2) is 36.8 Å². The molecule has 144 valence electrons. The molecule has 0 amide bonds. The molecule has 0 saturated carbocycles. The van der Waals surface area contributed by atoms with Crippen LogP contribution in [-0.4, -0.2) is 74.1 Å². The summed E-state index contributed by atoms with van der Waals surface area (Å²) in [5.41, 5.74) is 0. The van der Waals surface area contributed by atoms with Crippen molar-refractivity contribution in [2.45, 2.75) is 12.5 Å². The van der Waals surface area contributed by atoms with E-state index in [9.17, 15) is 8.42 Å². The molecule has 1 atom stereocenters. The standard InChI is InChI=1S/C18H24N6O2S/c1-22(15-5-11-27(25,26)13-15)17-12-18(21-14-20-17)24-9-7-23(8-10-24)16-4-2-3-6-19-16/h2-4,6,12,14-15H,5,7-11,13H2,1H3. The quantitative estimate of drug-likeness (QED) is 0.761. The third-order valence-corrected chi connectivity index (χ3v) is 7.08. The highest BCUT2D eigenvalue weighted by Crippen LogP contribution is 2.24. The van der Waals surface area contributed by atoms with Gasteiger partial charge < -0.3 is 14.7 Å². The normalized spacial score (nSPS) is 22.0. The van der Waals surface area contributed by atoms with Gasteiger partial charge in [-0.2, -0.15) is 0 Å². The molecule has 0 spiro atoms. The van der Waals surface area contributed by atoms with Gasteiger partial charge in [-0.15, -0.1) is 0 Å². The number of anilines is 3. The van der Waals surface area contributed by atoms with Crippen LogP contribution in [0.5, 0.6) is 0 Å². The molecule has 8 nitrogen and oxygen atoms in total. The van der Waals surface area contributed by atoms with Gasteiger partial charge in [-0.05, 0) is 18.6 Å². The van der Waals surface area contributed by atoms with Crippen molar-refractivity contribution in [1.29, 1.82) is 0 Å². The molecule has 4 rings (SSSR count). The Morgan fingerprint density at radius 3 is 2.41 bits per heavy atom. The second kappa shape index (κ2) is 7.30. The summed E-state index contributed by atoms with van der Waals surface area (Å²) in [6, 6.07) is 7.90. The van der Waals surface area contributed by atoms with Crippen molar-refractivity contribution in [1.82, 2.24) is 15.0 Å². The first kappa shape index (κ1) is 18.0. The Kier molecular flexibility index (Phi) is 4.86. The Morgan fingerprint density at radius 1 is 1.04 bits per heavy atom. The van der Waals surface area contributed by atoms with Gasteiger partial charge >= 0.3 is 0 Å². The van der Waals surface area contributed by atoms with E-state index in [1.165, 1.54) is 0 Å². The van der Waals surface area contributed by atoms with E-state index in [1.807, 2.05) is 42.4 Å². The third kappa shape index (κ3) is 3.97. The predicted octanol–water partition coefficient (Wildman–Crippen LogP) is 0.821. The highest BCUT2D eigenvalue weighted by Gasteiger charge is 2.31. The molecular weight excluding hydrogens is 364 g/mol. The molecule has 4 heterocycles. The molecule has 27 heavy (non-hydrogen) atoms. The van der Waals surface area contributed by atoms with Crippen molar-refractivity contribution in [2.24, 2.45) is 0 Å². The average molecular weight is 388 g/mol. The Labute approximate surface area is 159 Å². The van der Waals surface area contributed by atoms with Gasteiger partial charge in [0.05, 0.1) is 11.5 Å². The minimum Gasteiger partial charge on any atom is -0.355 e. The van der Waals surface area contributed by atoms with Crippen molar-refractivity contribution in [3.05, 3.63) is 36.8 Å². The topological polar surface area (TPSA) is 82.5 Å². The Bertz CT molecular complexity index is 884. The summed E-state index contributed by atoms with van der Waals surface area (Å²) in [4.78, 5) is 19.7. The SMILES string of the molecule is CN(c1cc(N2CCN(c3ccccn3)CC2)ncn1)C1CCS(=O)(=O)C1. The first-order valence-corrected chi connectivity index (χ1v) is 11.0. The lowest BCUT2D eigenvalue weighted by Crippen LogP contribution is -2.47. The van der Waals surface area contributed by atoms with E-state index < -0.39 is 9.84 Å². The van der Waals surface area contributed by atoms with E-state index in [0.717, 1.165) is 43.6 Å². The van der Waals surface area contributed by atoms with Crippen molar-refractivity contribution in [2.75, 3.05) is 59.4 Å². The van der Waals surface area contributed by atoms with Crippen LogP contribution in [0.3, 0.4) is 0 Å². The second-order valence-corrected chi connectivity index (χ2v) is 9.29. The van der Waals surface area contributed by atoms with Crippen molar-refractivity contribution < 1.29 is 8.42 Å². The molecule has 2 fully saturated rings. The zero-order chi connectivity index (χ0) is 18.9. The van der Waals surface area contributed by atoms with Gasteiger partial charge in [0.15, 0.2) is 9.84 Å². The van der Waals surface area contributed by atoms with E-state index in [1.54, 1.807) is 6.33 Å². The molecular formula is C18H24N6O2S. The molecule has 2 saturated heterocycles. The number of rotatable bonds is 4. The van der Waals surface area contributed by atoms with E-state index in [2.05, 4.69) is 24.8 Å². The van der Waals surface area contributed by atoms with Gasteiger partial charge in [-0.3, -0.25) is 0 Å². The van der Waals surface area contributed by atoms with Crippen LogP contribution in [0.4, 0.5) is 17.5 Å². The fourth-order valence-electron chi connectivity index (χ4n) is 3.68. The van der Waals surface area contributed by atoms with Crippen LogP contribution in [0.25, 0.3) is 0 Å². The molecule has 2 aromatic heterocycles. The van der Waals surface area contributed by atoms with Crippen molar-refractivity contribution >= 4 is 27.3 Å². The van der Waals surface area contributed by atoms with Crippen molar-refractivity contribution in [3.63, 3.8) is 0 Å². The summed E-state index contributed by atoms with van der Waals surface area (Å²) in [5.74, 6) is 3.12. The first-order valence-electron chi connectivity index (χ1n) is 9.18. The molecule has 9 heteroatoms. The number of hydrogen-bond donors (Lipinski definition) is 0. The molecule has 2 aliphatic rings. The minimum absolute atomic E-state index is 0.0150. The lowest BCUT2D eigenvalue weighted by atomic mass is 10.2. The molecule has 0 aromatic carbocycles. The third-order valence-electron chi connectivity index (χ3n) is 5.33. The lowest BCUT2D eigenvalue weighted by Gasteiger charge is -2.36. The summed E-state index contributed by atoms with van der Waals surface area (Å²) in [6.07, 6.45) is 4.04. The predicted molar refractivity (Wildman–Crippen MR) is 106 cm³/mol. The molecule has 2 aliphatic heterocycles. The molecule has 0 bridgehead atoms. The maximum absolute atomic E-state index is 11.8. The fraction of sp³-hybridized carbons (Fsp3) is 0.500. The number of nitrogens with zero attached hydrogens (tertiary/aromatic N) is 6. The lowest BCUT2D eigenvalue weighted by molar-refractivity contribution is 0.600. The summed E-state index contributed by atoms with van der Waals surface area (Å²) >= 11 is 0.